The van der Waals surface area contributed by atoms with Crippen molar-refractivity contribution in [2.24, 2.45) is 5.92 Å². The minimum atomic E-state index is -5.97. The Morgan fingerprint density at radius 1 is 0.287 bits per heavy atom. The fourth-order valence-corrected chi connectivity index (χ4v) is 20.6. The number of ether oxygens (including phenoxy) is 19. The lowest BCUT2D eigenvalue weighted by Crippen LogP contribution is -2.70. The smallest absolute Gasteiger partial charge is 0.394 e. The highest BCUT2D eigenvalue weighted by molar-refractivity contribution is 7.61. The largest absolute Gasteiger partial charge is 0.483 e. The number of hydrogen-bond acceptors (Lipinski definition) is 55. The molecule has 150 heavy (non-hydrogen) atoms. The monoisotopic (exact) mass is 2220 g/mol. The number of carbonyl (C=O) groups excluding carboxylic acids is 2. The molecule has 0 saturated carbocycles. The number of phosphoric acid groups is 2. The van der Waals surface area contributed by atoms with Gasteiger partial charge in [-0.25, -0.2) is 9.13 Å². The van der Waals surface area contributed by atoms with E-state index in [1.54, 1.807) is 0 Å². The Morgan fingerprint density at radius 3 is 0.947 bits per heavy atom. The quantitative estimate of drug-likeness (QED) is 0.0199. The maximum absolute atomic E-state index is 13.8. The second kappa shape index (κ2) is 58.5. The Hall–Kier alpha value is -3.76. The molecule has 10 heterocycles. The van der Waals surface area contributed by atoms with Gasteiger partial charge in [-0.05, 0) is 98.3 Å². The van der Waals surface area contributed by atoms with Crippen molar-refractivity contribution in [1.82, 2.24) is 10.6 Å². The molecule has 0 aromatic carbocycles. The number of amides is 2. The fourth-order valence-electron chi connectivity index (χ4n) is 18.5. The fraction of sp³-hybridized carbons (Fsp3) is 0.888. The topological polar surface area (TPSA) is 923 Å². The van der Waals surface area contributed by atoms with Gasteiger partial charge in [-0.2, -0.15) is 4.31 Å². The second-order valence-corrected chi connectivity index (χ2v) is 42.0. The first kappa shape index (κ1) is 128. The van der Waals surface area contributed by atoms with Crippen LogP contribution in [0.5, 0.6) is 0 Å². The number of rotatable bonds is 50. The van der Waals surface area contributed by atoms with Crippen molar-refractivity contribution >= 4 is 27.5 Å². The maximum Gasteiger partial charge on any atom is 0.483 e. The molecule has 0 radical (unpaired) electrons. The van der Waals surface area contributed by atoms with Gasteiger partial charge < -0.3 is 259 Å². The predicted molar refractivity (Wildman–Crippen MR) is 490 cm³/mol. The molecule has 10 fully saturated rings. The second-order valence-electron chi connectivity index (χ2n) is 39.0. The van der Waals surface area contributed by atoms with Crippen molar-refractivity contribution in [2.75, 3.05) is 72.7 Å². The van der Waals surface area contributed by atoms with Crippen LogP contribution >= 0.6 is 15.6 Å². The first-order valence-corrected chi connectivity index (χ1v) is 52.2. The summed E-state index contributed by atoms with van der Waals surface area (Å²) in [6.07, 6.45) is -92.4. The molecule has 0 bridgehead atoms. The summed E-state index contributed by atoms with van der Waals surface area (Å²) < 4.78 is 154. The summed E-state index contributed by atoms with van der Waals surface area (Å²) in [4.78, 5) is 48.2. The highest BCUT2D eigenvalue weighted by Crippen LogP contribution is 2.62. The summed E-state index contributed by atoms with van der Waals surface area (Å²) >= 11 is 0. The molecule has 61 heteroatoms. The zero-order valence-electron chi connectivity index (χ0n) is 83.3. The van der Waals surface area contributed by atoms with Crippen LogP contribution in [0.4, 0.5) is 0 Å². The minimum absolute atomic E-state index is 0.126. The number of hydrogen-bond donors (Lipinski definition) is 33. The van der Waals surface area contributed by atoms with Crippen LogP contribution in [0, 0.1) is 5.92 Å². The molecule has 2 amide bonds. The van der Waals surface area contributed by atoms with Crippen LogP contribution in [0.1, 0.15) is 113 Å². The Morgan fingerprint density at radius 2 is 0.567 bits per heavy atom. The van der Waals surface area contributed by atoms with Gasteiger partial charge in [0.05, 0.1) is 72.7 Å². The summed E-state index contributed by atoms with van der Waals surface area (Å²) in [6.45, 7) is 1.58. The van der Waals surface area contributed by atoms with E-state index in [4.69, 9.17) is 99.0 Å². The lowest BCUT2D eigenvalue weighted by atomic mass is 9.94. The van der Waals surface area contributed by atoms with Gasteiger partial charge in [-0.1, -0.05) is 53.5 Å². The molecule has 0 aromatic rings. The number of nitrogens with one attached hydrogen (secondary N) is 2. The first-order valence-electron chi connectivity index (χ1n) is 49.2. The number of carbonyl (C=O) groups is 2. The molecule has 870 valence electrons. The van der Waals surface area contributed by atoms with Gasteiger partial charge in [-0.15, -0.1) is 0 Å². The highest BCUT2D eigenvalue weighted by Gasteiger charge is 2.63. The van der Waals surface area contributed by atoms with E-state index in [1.165, 1.54) is 16.7 Å². The zero-order valence-corrected chi connectivity index (χ0v) is 85.1. The third kappa shape index (κ3) is 32.8. The third-order valence-corrected chi connectivity index (χ3v) is 29.9. The number of phosphoric ester groups is 2. The van der Waals surface area contributed by atoms with Crippen LogP contribution in [0.2, 0.25) is 0 Å². The highest BCUT2D eigenvalue weighted by atomic mass is 31.3. The van der Waals surface area contributed by atoms with Gasteiger partial charge in [0.25, 0.3) is 0 Å². The molecular formula is C89H152N2O57P2. The van der Waals surface area contributed by atoms with E-state index in [9.17, 15) is 177 Å². The first-order chi connectivity index (χ1) is 70.8. The van der Waals surface area contributed by atoms with Gasteiger partial charge in [0.2, 0.25) is 11.8 Å². The van der Waals surface area contributed by atoms with E-state index in [-0.39, 0.29) is 12.3 Å². The van der Waals surface area contributed by atoms with E-state index >= 15 is 0 Å². The SMILES string of the molecule is CC(=O)N[C@H]1[C@H](O[C@H]2[C@H](O)[C@@H](NC(C)=O)[C@@H](OP(=O)(O)OP(=O)(O)OCCC(C)CC/C=C(\C)CC/C=C(\C)CC/C=C(\C)CCC=C(C)C)O[C@@H]2CO)O[C@H](CO)[C@@H](O[C@@H]2O[C@H](CO[C@H]3O[C@H](CO[C@H]4O[C@H](CO)[C@@H](O)[C@H](O)[C@@H]4O)[C@@H](O)[C@H](O[C@H]4O[C@H](CO)[C@@H](O)[C@H](O)[C@@H]4O[C@H]4O[C@H](CO)[C@@H](O)[C@H](O)[C@@H]4O)[C@@H]3O)[C@@H](O)[C@H](O[C@H]3O[C@H](CO)[C@@H](O)[C@H](O)[C@@H]3O[C@H]3O[C@H](CO)[C@@H](O)[C@H](O)[C@@H]3O[C@H]3O[C@H](CO)[C@@H](O)[C@H](O)[C@@H]3O)[C@@H]2O)[C@@H]1O. The molecule has 0 aliphatic carbocycles. The Bertz CT molecular complexity index is 4310. The van der Waals surface area contributed by atoms with E-state index in [2.05, 4.69) is 66.9 Å². The van der Waals surface area contributed by atoms with E-state index in [1.807, 2.05) is 13.8 Å². The summed E-state index contributed by atoms with van der Waals surface area (Å²) in [5.41, 5.74) is 5.08. The Balaban J connectivity index is 0.923. The average Bonchev–Trinajstić information content (AvgIpc) is 0.757. The lowest BCUT2D eigenvalue weighted by molar-refractivity contribution is -0.408. The molecule has 10 rings (SSSR count). The van der Waals surface area contributed by atoms with E-state index in [0.29, 0.717) is 12.8 Å². The van der Waals surface area contributed by atoms with Crippen molar-refractivity contribution in [2.45, 2.75) is 420 Å². The Labute approximate surface area is 860 Å². The number of aliphatic hydroxyl groups excluding tert-OH is 29. The summed E-state index contributed by atoms with van der Waals surface area (Å²) in [5, 5.41) is 331. The summed E-state index contributed by atoms with van der Waals surface area (Å²) in [5.74, 6) is -2.25. The van der Waals surface area contributed by atoms with Crippen LogP contribution in [-0.4, -0.2) is 549 Å². The van der Waals surface area contributed by atoms with Crippen molar-refractivity contribution < 1.29 is 280 Å². The zero-order chi connectivity index (χ0) is 111. The maximum atomic E-state index is 13.8. The molecule has 59 nitrogen and oxygen atoms in total. The van der Waals surface area contributed by atoms with Gasteiger partial charge in [0.15, 0.2) is 62.9 Å². The van der Waals surface area contributed by atoms with Gasteiger partial charge in [-0.3, -0.25) is 18.6 Å². The lowest BCUT2D eigenvalue weighted by Gasteiger charge is -2.51. The molecule has 10 aliphatic rings. The van der Waals surface area contributed by atoms with Crippen LogP contribution < -0.4 is 10.6 Å². The average molecular weight is 2220 g/mol. The van der Waals surface area contributed by atoms with Crippen LogP contribution in [-0.2, 0) is 122 Å². The van der Waals surface area contributed by atoms with Crippen LogP contribution in [0.25, 0.3) is 0 Å². The minimum Gasteiger partial charge on any atom is -0.394 e. The standard InChI is InChI=1S/C89H152N2O57P2/c1-33(2)13-9-14-34(3)15-10-16-35(4)17-11-18-36(5)19-12-20-37(6)21-22-129-149(123,124)148-150(125,126)147-81-51(91-39(8)101)61(111)73(47(30-99)137-81)140-80-50(90-38(7)100)60(110)74(46(29-98)136-80)141-86-72(122)76(143-88-79(67(117)57(107)44(27-96)134-88)146-89-78(66(116)56(106)45(28-97)135-89)145-85-70(120)64(114)54(104)42(25-94)132-85)59(109)49(139-86)32-128-83-71(121)75(58(108)48(138-83)31-127-82-68(118)62(112)52(102)40(23-92)130-82)142-87-77(65(115)55(105)43(26-95)133-87)144-84-69(119)63(113)53(103)41(24-93)131-84/h13,15,17,19,37,40-89,92-99,102-122H,9-12,14,16,18,20-32H2,1-8H3,(H,90,100)(H,91,101)(H,123,124)(H,125,126)/b34-15+,35-17+,36-19+/t37?,40-,41-,42-,43-,44-,45-,46-,47-,48-,49-,50-,51-,52-,53-,54-,55-,56-,57-,58-,59-,60-,61-,62+,63+,64+,65+,66+,67+,68+,69+,70+,71+,72+,73-,74-,75+,76+,77+,78+,79+,80+,81-,82+,83+,84-,85-,86+,87-,88-,89-/m1/s1. The molecule has 10 aliphatic heterocycles. The van der Waals surface area contributed by atoms with Gasteiger partial charge >= 0.3 is 15.6 Å². The van der Waals surface area contributed by atoms with Gasteiger partial charge in [0.1, 0.15) is 244 Å². The summed E-state index contributed by atoms with van der Waals surface area (Å²) in [6, 6.07) is -4.29. The number of aliphatic hydroxyl groups is 29. The summed E-state index contributed by atoms with van der Waals surface area (Å²) in [7, 11) is -11.5. The normalized spacial score (nSPS) is 44.2. The molecule has 3 unspecified atom stereocenters. The van der Waals surface area contributed by atoms with Crippen molar-refractivity contribution in [3.8, 4) is 0 Å². The molecule has 0 aromatic heterocycles. The van der Waals surface area contributed by atoms with Gasteiger partial charge in [0, 0.05) is 13.8 Å². The predicted octanol–water partition coefficient (Wildman–Crippen LogP) is -13.3. The molecule has 53 atom stereocenters. The van der Waals surface area contributed by atoms with Crippen molar-refractivity contribution in [3.63, 3.8) is 0 Å². The third-order valence-electron chi connectivity index (χ3n) is 27.3. The van der Waals surface area contributed by atoms with Crippen molar-refractivity contribution in [1.29, 1.82) is 0 Å². The number of allylic oxidation sites excluding steroid dienone is 8. The van der Waals surface area contributed by atoms with Crippen LogP contribution in [0.3, 0.4) is 0 Å². The molecular weight excluding hydrogens is 2070 g/mol. The van der Waals surface area contributed by atoms with Crippen LogP contribution in [0.15, 0.2) is 46.6 Å². The molecule has 0 spiro atoms. The van der Waals surface area contributed by atoms with Crippen molar-refractivity contribution in [3.05, 3.63) is 46.6 Å². The molecule has 33 N–H and O–H groups in total. The van der Waals surface area contributed by atoms with E-state index in [0.717, 1.165) is 57.9 Å². The Kier molecular flexibility index (Phi) is 49.9. The molecule has 10 saturated heterocycles. The van der Waals surface area contributed by atoms with E-state index < -0.39 is 407 Å².